The van der Waals surface area contributed by atoms with Gasteiger partial charge in [-0.15, -0.1) is 0 Å². The molecule has 0 radical (unpaired) electrons. The Morgan fingerprint density at radius 3 is 2.81 bits per heavy atom. The van der Waals surface area contributed by atoms with Gasteiger partial charge in [-0.25, -0.2) is 0 Å². The molecule has 3 heterocycles. The Morgan fingerprint density at radius 1 is 1.16 bits per heavy atom. The summed E-state index contributed by atoms with van der Waals surface area (Å²) < 4.78 is 18.3. The Kier molecular flexibility index (Phi) is 6.36. The maximum atomic E-state index is 9.67. The molecular formula is C25H28InN3O2. The molecule has 3 aliphatic heterocycles. The SMILES string of the molecule is CN1CCC[C@@H]1COc1ccc2cc(C3=[N][In]([CH]4CCCCO4)[C](C#N)=C3)ccc2c1. The number of hydrogen-bond acceptors (Lipinski definition) is 5. The van der Waals surface area contributed by atoms with Gasteiger partial charge in [0.05, 0.1) is 0 Å². The molecule has 2 atom stereocenters. The average molecular weight is 517 g/mol. The average Bonchev–Trinajstić information content (AvgIpc) is 3.44. The van der Waals surface area contributed by atoms with Crippen molar-refractivity contribution in [2.24, 2.45) is 2.98 Å². The van der Waals surface area contributed by atoms with Crippen LogP contribution < -0.4 is 4.74 Å². The van der Waals surface area contributed by atoms with Crippen LogP contribution in [0.5, 0.6) is 5.75 Å². The predicted octanol–water partition coefficient (Wildman–Crippen LogP) is 4.20. The number of benzene rings is 2. The van der Waals surface area contributed by atoms with Crippen LogP contribution in [0.25, 0.3) is 10.8 Å². The van der Waals surface area contributed by atoms with E-state index in [9.17, 15) is 5.26 Å². The van der Waals surface area contributed by atoms with Crippen LogP contribution in [0.2, 0.25) is 0 Å². The molecule has 2 saturated heterocycles. The first-order valence-electron chi connectivity index (χ1n) is 11.4. The van der Waals surface area contributed by atoms with E-state index in [0.717, 1.165) is 46.4 Å². The molecule has 2 aromatic rings. The van der Waals surface area contributed by atoms with Crippen LogP contribution in [-0.4, -0.2) is 69.0 Å². The van der Waals surface area contributed by atoms with E-state index in [1.807, 2.05) is 6.08 Å². The van der Waals surface area contributed by atoms with Gasteiger partial charge in [-0.2, -0.15) is 0 Å². The maximum absolute atomic E-state index is 9.67. The molecule has 0 saturated carbocycles. The molecule has 6 heteroatoms. The number of hydrogen-bond donors (Lipinski definition) is 0. The van der Waals surface area contributed by atoms with Crippen molar-refractivity contribution < 1.29 is 9.47 Å². The molecule has 158 valence electrons. The van der Waals surface area contributed by atoms with E-state index >= 15 is 0 Å². The zero-order valence-electron chi connectivity index (χ0n) is 18.1. The Bertz CT molecular complexity index is 1070. The molecule has 0 spiro atoms. The van der Waals surface area contributed by atoms with Gasteiger partial charge in [0.1, 0.15) is 0 Å². The number of fused-ring (bicyclic) bond motifs is 1. The summed E-state index contributed by atoms with van der Waals surface area (Å²) in [5.74, 6) is 0.927. The van der Waals surface area contributed by atoms with E-state index in [1.54, 1.807) is 0 Å². The van der Waals surface area contributed by atoms with Gasteiger partial charge in [0.25, 0.3) is 0 Å². The molecular weight excluding hydrogens is 489 g/mol. The Balaban J connectivity index is 1.33. The Hall–Kier alpha value is -1.81. The van der Waals surface area contributed by atoms with Crippen LogP contribution >= 0.6 is 0 Å². The normalized spacial score (nSPS) is 24.2. The zero-order chi connectivity index (χ0) is 21.2. The number of ether oxygens (including phenoxy) is 2. The number of allylic oxidation sites excluding steroid dienone is 2. The molecule has 0 aromatic heterocycles. The summed E-state index contributed by atoms with van der Waals surface area (Å²) in [6, 6.07) is 15.7. The van der Waals surface area contributed by atoms with Crippen LogP contribution in [0, 0.1) is 11.3 Å². The first kappa shape index (κ1) is 21.1. The number of likely N-dealkylation sites (N-methyl/N-ethyl adjacent to an activating group) is 1. The summed E-state index contributed by atoms with van der Waals surface area (Å²) in [6.45, 7) is 2.73. The van der Waals surface area contributed by atoms with Gasteiger partial charge in [0, 0.05) is 0 Å². The summed E-state index contributed by atoms with van der Waals surface area (Å²) in [7, 11) is 2.18. The topological polar surface area (TPSA) is 57.9 Å². The fourth-order valence-electron chi connectivity index (χ4n) is 4.90. The second-order valence-electron chi connectivity index (χ2n) is 8.89. The first-order chi connectivity index (χ1) is 15.2. The fourth-order valence-corrected chi connectivity index (χ4v) is 12.2. The number of likely N-dealkylation sites (tertiary alicyclic amines) is 1. The molecule has 0 amide bonds. The van der Waals surface area contributed by atoms with Gasteiger partial charge in [-0.05, 0) is 20.0 Å². The van der Waals surface area contributed by atoms with Crippen molar-refractivity contribution in [1.29, 1.82) is 5.26 Å². The van der Waals surface area contributed by atoms with Crippen LogP contribution in [-0.2, 0) is 4.74 Å². The summed E-state index contributed by atoms with van der Waals surface area (Å²) >= 11 is -2.58. The van der Waals surface area contributed by atoms with Gasteiger partial charge in [0.15, 0.2) is 0 Å². The molecule has 2 aromatic carbocycles. The number of nitrogens with zero attached hydrogens (tertiary/aromatic N) is 3. The van der Waals surface area contributed by atoms with Crippen molar-refractivity contribution in [2.75, 3.05) is 26.8 Å². The molecule has 1 unspecified atom stereocenters. The molecule has 0 N–H and O–H groups in total. The minimum atomic E-state index is -2.58. The third kappa shape index (κ3) is 4.55. The minimum absolute atomic E-state index is 0.234. The third-order valence-electron chi connectivity index (χ3n) is 6.81. The van der Waals surface area contributed by atoms with Crippen molar-refractivity contribution >= 4 is 38.2 Å². The Morgan fingerprint density at radius 2 is 2.03 bits per heavy atom. The van der Waals surface area contributed by atoms with E-state index in [0.29, 0.717) is 6.04 Å². The van der Waals surface area contributed by atoms with Crippen LogP contribution in [0.15, 0.2) is 48.8 Å². The third-order valence-corrected chi connectivity index (χ3v) is 14.6. The summed E-state index contributed by atoms with van der Waals surface area (Å²) in [4.78, 5) is 2.38. The van der Waals surface area contributed by atoms with Crippen molar-refractivity contribution in [2.45, 2.75) is 42.0 Å². The molecule has 3 aliphatic rings. The van der Waals surface area contributed by atoms with E-state index in [-0.39, 0.29) is 3.86 Å². The zero-order valence-corrected chi connectivity index (χ0v) is 21.4. The van der Waals surface area contributed by atoms with Gasteiger partial charge in [-0.1, -0.05) is 0 Å². The van der Waals surface area contributed by atoms with Crippen LogP contribution in [0.1, 0.15) is 37.7 Å². The van der Waals surface area contributed by atoms with E-state index in [2.05, 4.69) is 54.4 Å². The van der Waals surface area contributed by atoms with E-state index in [4.69, 9.17) is 12.5 Å². The fraction of sp³-hybridized carbons (Fsp3) is 0.440. The van der Waals surface area contributed by atoms with Gasteiger partial charge < -0.3 is 0 Å². The summed E-state index contributed by atoms with van der Waals surface area (Å²) in [6.07, 6.45) is 7.88. The van der Waals surface area contributed by atoms with Crippen molar-refractivity contribution in [3.05, 3.63) is 51.4 Å². The number of rotatable bonds is 5. The standard InChI is InChI=1S/C20H19N3O.C5H9O.In/c1-23-11-3-4-18(23)14-24-19-9-8-15-12-17(7-6-16(15)13-19)20(22)5-2-10-21;1-2-4-6-5-3-1;/h5-9,12-13,18H,3-4,11,14H2,1H3;4H,1-3,5H2;/q-1;;+1/t18-;;/m1../s1. The van der Waals surface area contributed by atoms with Crippen molar-refractivity contribution in [3.8, 4) is 11.8 Å². The van der Waals surface area contributed by atoms with Crippen molar-refractivity contribution in [3.63, 3.8) is 0 Å². The Labute approximate surface area is 192 Å². The second-order valence-corrected chi connectivity index (χ2v) is 16.1. The molecule has 0 bridgehead atoms. The molecule has 0 aliphatic carbocycles. The monoisotopic (exact) mass is 517 g/mol. The van der Waals surface area contributed by atoms with Gasteiger partial charge in [0.2, 0.25) is 0 Å². The van der Waals surface area contributed by atoms with Crippen LogP contribution in [0.4, 0.5) is 0 Å². The first-order valence-corrected chi connectivity index (χ1v) is 16.4. The molecule has 2 fully saturated rings. The molecule has 31 heavy (non-hydrogen) atoms. The molecule has 5 nitrogen and oxygen atoms in total. The van der Waals surface area contributed by atoms with E-state index in [1.165, 1.54) is 36.6 Å². The number of nitriles is 1. The van der Waals surface area contributed by atoms with Crippen LogP contribution in [0.3, 0.4) is 0 Å². The van der Waals surface area contributed by atoms with Gasteiger partial charge >= 0.3 is 173 Å². The quantitative estimate of drug-likeness (QED) is 0.597. The van der Waals surface area contributed by atoms with Crippen molar-refractivity contribution in [1.82, 2.24) is 4.90 Å². The van der Waals surface area contributed by atoms with Gasteiger partial charge in [-0.3, -0.25) is 0 Å². The second kappa shape index (κ2) is 9.36. The molecule has 5 rings (SSSR count). The predicted molar refractivity (Wildman–Crippen MR) is 125 cm³/mol. The van der Waals surface area contributed by atoms with E-state index < -0.39 is 21.7 Å². The summed E-state index contributed by atoms with van der Waals surface area (Å²) in [5.41, 5.74) is 2.06. The summed E-state index contributed by atoms with van der Waals surface area (Å²) in [5, 5.41) is 12.0.